The molecule has 0 radical (unpaired) electrons. The van der Waals surface area contributed by atoms with Gasteiger partial charge in [-0.15, -0.1) is 0 Å². The molecule has 1 saturated carbocycles. The number of rotatable bonds is 5. The summed E-state index contributed by atoms with van der Waals surface area (Å²) in [5, 5.41) is 7.80. The van der Waals surface area contributed by atoms with Gasteiger partial charge in [-0.3, -0.25) is 9.48 Å². The Balaban J connectivity index is 1.76. The highest BCUT2D eigenvalue weighted by Gasteiger charge is 2.37. The van der Waals surface area contributed by atoms with Crippen molar-refractivity contribution in [3.05, 3.63) is 52.6 Å². The summed E-state index contributed by atoms with van der Waals surface area (Å²) in [6, 6.07) is 6.62. The Hall–Kier alpha value is -2.17. The Morgan fingerprint density at radius 2 is 2.00 bits per heavy atom. The first kappa shape index (κ1) is 18.6. The van der Waals surface area contributed by atoms with Crippen molar-refractivity contribution >= 4 is 5.91 Å². The van der Waals surface area contributed by atoms with Gasteiger partial charge in [-0.2, -0.15) is 5.10 Å². The van der Waals surface area contributed by atoms with Gasteiger partial charge >= 0.3 is 0 Å². The van der Waals surface area contributed by atoms with Crippen molar-refractivity contribution in [2.24, 2.45) is 0 Å². The van der Waals surface area contributed by atoms with Crippen molar-refractivity contribution in [2.45, 2.75) is 71.4 Å². The summed E-state index contributed by atoms with van der Waals surface area (Å²) >= 11 is 0. The molecule has 26 heavy (non-hydrogen) atoms. The Bertz CT molecular complexity index is 806. The standard InChI is InChI=1S/C21H28FN3O/c1-14(25-17(4)15(2)16(3)24-25)12-20(26)23-21(10-5-6-11-21)18-8-7-9-19(22)13-18/h7-9,13-14H,5-6,10-12H2,1-4H3,(H,23,26)/t14-/m0/s1. The largest absolute Gasteiger partial charge is 0.347 e. The van der Waals surface area contributed by atoms with Crippen molar-refractivity contribution in [1.82, 2.24) is 15.1 Å². The molecule has 1 aromatic heterocycles. The Kier molecular flexibility index (Phi) is 5.17. The molecule has 0 bridgehead atoms. The number of hydrogen-bond acceptors (Lipinski definition) is 2. The second-order valence-corrected chi connectivity index (χ2v) is 7.64. The third kappa shape index (κ3) is 3.53. The number of nitrogens with zero attached hydrogens (tertiary/aromatic N) is 2. The van der Waals surface area contributed by atoms with Gasteiger partial charge in [0.15, 0.2) is 0 Å². The number of aromatic nitrogens is 2. The summed E-state index contributed by atoms with van der Waals surface area (Å²) in [5.41, 5.74) is 3.71. The minimum Gasteiger partial charge on any atom is -0.347 e. The molecule has 1 fully saturated rings. The van der Waals surface area contributed by atoms with Crippen molar-refractivity contribution in [1.29, 1.82) is 0 Å². The highest BCUT2D eigenvalue weighted by molar-refractivity contribution is 5.77. The zero-order valence-corrected chi connectivity index (χ0v) is 16.1. The quantitative estimate of drug-likeness (QED) is 0.857. The highest BCUT2D eigenvalue weighted by atomic mass is 19.1. The van der Waals surface area contributed by atoms with E-state index in [9.17, 15) is 9.18 Å². The van der Waals surface area contributed by atoms with Crippen LogP contribution in [0.1, 0.15) is 67.6 Å². The van der Waals surface area contributed by atoms with Crippen LogP contribution >= 0.6 is 0 Å². The number of carbonyl (C=O) groups is 1. The van der Waals surface area contributed by atoms with E-state index in [0.717, 1.165) is 42.6 Å². The summed E-state index contributed by atoms with van der Waals surface area (Å²) in [7, 11) is 0. The van der Waals surface area contributed by atoms with Crippen molar-refractivity contribution in [3.63, 3.8) is 0 Å². The molecule has 0 aliphatic heterocycles. The molecule has 140 valence electrons. The van der Waals surface area contributed by atoms with Gasteiger partial charge in [0.25, 0.3) is 0 Å². The molecule has 0 saturated heterocycles. The molecule has 1 aliphatic carbocycles. The number of carbonyl (C=O) groups excluding carboxylic acids is 1. The zero-order valence-electron chi connectivity index (χ0n) is 16.1. The second-order valence-electron chi connectivity index (χ2n) is 7.64. The molecule has 0 unspecified atom stereocenters. The van der Waals surface area contributed by atoms with E-state index in [2.05, 4.69) is 17.3 Å². The fourth-order valence-electron chi connectivity index (χ4n) is 4.10. The predicted octanol–water partition coefficient (Wildman–Crippen LogP) is 4.48. The van der Waals surface area contributed by atoms with E-state index < -0.39 is 5.54 Å². The third-order valence-electron chi connectivity index (χ3n) is 5.80. The highest BCUT2D eigenvalue weighted by Crippen LogP contribution is 2.39. The Morgan fingerprint density at radius 1 is 1.31 bits per heavy atom. The molecule has 1 heterocycles. The molecule has 1 aliphatic rings. The van der Waals surface area contributed by atoms with Crippen LogP contribution in [-0.4, -0.2) is 15.7 Å². The van der Waals surface area contributed by atoms with Crippen LogP contribution in [0.5, 0.6) is 0 Å². The fourth-order valence-corrected chi connectivity index (χ4v) is 4.10. The van der Waals surface area contributed by atoms with Crippen LogP contribution in [0, 0.1) is 26.6 Å². The summed E-state index contributed by atoms with van der Waals surface area (Å²) in [6.07, 6.45) is 4.16. The Morgan fingerprint density at radius 3 is 2.58 bits per heavy atom. The van der Waals surface area contributed by atoms with Crippen LogP contribution in [0.2, 0.25) is 0 Å². The van der Waals surface area contributed by atoms with Crippen LogP contribution in [0.3, 0.4) is 0 Å². The van der Waals surface area contributed by atoms with Crippen LogP contribution in [0.15, 0.2) is 24.3 Å². The van der Waals surface area contributed by atoms with Gasteiger partial charge in [-0.05, 0) is 63.8 Å². The Labute approximate surface area is 154 Å². The molecule has 5 heteroatoms. The summed E-state index contributed by atoms with van der Waals surface area (Å²) in [5.74, 6) is -0.261. The van der Waals surface area contributed by atoms with Gasteiger partial charge in [-0.1, -0.05) is 25.0 Å². The van der Waals surface area contributed by atoms with Gasteiger partial charge in [0, 0.05) is 12.1 Å². The average molecular weight is 357 g/mol. The molecular weight excluding hydrogens is 329 g/mol. The minimum atomic E-state index is -0.441. The van der Waals surface area contributed by atoms with Crippen molar-refractivity contribution in [3.8, 4) is 0 Å². The first-order valence-corrected chi connectivity index (χ1v) is 9.42. The lowest BCUT2D eigenvalue weighted by atomic mass is 9.87. The number of halogens is 1. The second kappa shape index (κ2) is 7.22. The maximum absolute atomic E-state index is 13.7. The lowest BCUT2D eigenvalue weighted by molar-refractivity contribution is -0.123. The maximum Gasteiger partial charge on any atom is 0.222 e. The predicted molar refractivity (Wildman–Crippen MR) is 100 cm³/mol. The topological polar surface area (TPSA) is 46.9 Å². The van der Waals surface area contributed by atoms with E-state index in [0.29, 0.717) is 6.42 Å². The smallest absolute Gasteiger partial charge is 0.222 e. The molecule has 1 amide bonds. The molecule has 3 rings (SSSR count). The monoisotopic (exact) mass is 357 g/mol. The molecule has 0 spiro atoms. The maximum atomic E-state index is 13.7. The van der Waals surface area contributed by atoms with E-state index in [1.54, 1.807) is 12.1 Å². The lowest BCUT2D eigenvalue weighted by Crippen LogP contribution is -2.44. The summed E-state index contributed by atoms with van der Waals surface area (Å²) in [4.78, 5) is 12.8. The van der Waals surface area contributed by atoms with E-state index in [1.165, 1.54) is 11.6 Å². The van der Waals surface area contributed by atoms with Gasteiger partial charge in [0.2, 0.25) is 5.91 Å². The summed E-state index contributed by atoms with van der Waals surface area (Å²) < 4.78 is 15.7. The van der Waals surface area contributed by atoms with E-state index >= 15 is 0 Å². The van der Waals surface area contributed by atoms with Gasteiger partial charge in [0.05, 0.1) is 17.3 Å². The fraction of sp³-hybridized carbons (Fsp3) is 0.524. The molecule has 4 nitrogen and oxygen atoms in total. The average Bonchev–Trinajstić information content (AvgIpc) is 3.16. The van der Waals surface area contributed by atoms with E-state index in [4.69, 9.17) is 0 Å². The van der Waals surface area contributed by atoms with Crippen LogP contribution in [0.25, 0.3) is 0 Å². The lowest BCUT2D eigenvalue weighted by Gasteiger charge is -2.31. The number of hydrogen-bond donors (Lipinski definition) is 1. The van der Waals surface area contributed by atoms with Crippen molar-refractivity contribution in [2.75, 3.05) is 0 Å². The first-order chi connectivity index (χ1) is 12.3. The van der Waals surface area contributed by atoms with E-state index in [-0.39, 0.29) is 17.8 Å². The molecule has 1 N–H and O–H groups in total. The molecule has 1 aromatic carbocycles. The van der Waals surface area contributed by atoms with Gasteiger partial charge in [0.1, 0.15) is 5.82 Å². The normalized spacial score (nSPS) is 17.3. The van der Waals surface area contributed by atoms with Crippen LogP contribution in [-0.2, 0) is 10.3 Å². The number of aryl methyl sites for hydroxylation is 1. The molecular formula is C21H28FN3O. The van der Waals surface area contributed by atoms with Crippen molar-refractivity contribution < 1.29 is 9.18 Å². The SMILES string of the molecule is Cc1nn([C@@H](C)CC(=O)NC2(c3cccc(F)c3)CCCC2)c(C)c1C. The summed E-state index contributed by atoms with van der Waals surface area (Å²) in [6.45, 7) is 8.10. The van der Waals surface area contributed by atoms with Gasteiger partial charge in [-0.25, -0.2) is 4.39 Å². The van der Waals surface area contributed by atoms with E-state index in [1.807, 2.05) is 31.5 Å². The first-order valence-electron chi connectivity index (χ1n) is 9.42. The zero-order chi connectivity index (χ0) is 18.9. The molecule has 1 atom stereocenters. The number of amides is 1. The van der Waals surface area contributed by atoms with Crippen LogP contribution < -0.4 is 5.32 Å². The number of nitrogens with one attached hydrogen (secondary N) is 1. The third-order valence-corrected chi connectivity index (χ3v) is 5.80. The molecule has 2 aromatic rings. The van der Waals surface area contributed by atoms with Crippen LogP contribution in [0.4, 0.5) is 4.39 Å². The van der Waals surface area contributed by atoms with Gasteiger partial charge < -0.3 is 5.32 Å². The number of benzene rings is 1. The minimum absolute atomic E-state index is 0.00568.